The van der Waals surface area contributed by atoms with E-state index < -0.39 is 5.97 Å². The first kappa shape index (κ1) is 23.1. The largest absolute Gasteiger partial charge is 0.481 e. The SMILES string of the molecule is CCCCC/C=C\C/C=C\CCCCCCCC(=O)O.[Cd]. The van der Waals surface area contributed by atoms with Gasteiger partial charge in [0.25, 0.3) is 0 Å². The second-order valence-electron chi connectivity index (χ2n) is 5.37. The van der Waals surface area contributed by atoms with E-state index in [2.05, 4.69) is 31.2 Å². The maximum Gasteiger partial charge on any atom is 0.303 e. The molecule has 0 aliphatic heterocycles. The van der Waals surface area contributed by atoms with Crippen molar-refractivity contribution in [1.82, 2.24) is 0 Å². The van der Waals surface area contributed by atoms with E-state index in [4.69, 9.17) is 5.11 Å². The Bertz CT molecular complexity index is 272. The summed E-state index contributed by atoms with van der Waals surface area (Å²) in [6, 6.07) is 0. The van der Waals surface area contributed by atoms with Crippen LogP contribution in [-0.4, -0.2) is 11.1 Å². The third kappa shape index (κ3) is 22.3. The quantitative estimate of drug-likeness (QED) is 0.227. The molecule has 2 nitrogen and oxygen atoms in total. The van der Waals surface area contributed by atoms with Crippen LogP contribution in [0, 0.1) is 0 Å². The number of carboxylic acids is 1. The third-order valence-corrected chi connectivity index (χ3v) is 3.34. The van der Waals surface area contributed by atoms with Gasteiger partial charge in [-0.1, -0.05) is 63.3 Å². The number of rotatable bonds is 14. The Labute approximate surface area is 151 Å². The molecule has 0 fully saturated rings. The first-order valence-electron chi connectivity index (χ1n) is 8.29. The van der Waals surface area contributed by atoms with Crippen molar-refractivity contribution in [2.75, 3.05) is 0 Å². The zero-order valence-corrected chi connectivity index (χ0v) is 17.9. The van der Waals surface area contributed by atoms with Crippen LogP contribution in [0.15, 0.2) is 24.3 Å². The Hall–Kier alpha value is -0.128. The van der Waals surface area contributed by atoms with E-state index in [-0.39, 0.29) is 27.3 Å². The Balaban J connectivity index is 0. The smallest absolute Gasteiger partial charge is 0.303 e. The predicted molar refractivity (Wildman–Crippen MR) is 87.0 cm³/mol. The maximum absolute atomic E-state index is 10.3. The van der Waals surface area contributed by atoms with Crippen LogP contribution in [0.5, 0.6) is 0 Å². The molecule has 118 valence electrons. The topological polar surface area (TPSA) is 37.3 Å². The van der Waals surface area contributed by atoms with Crippen LogP contribution >= 0.6 is 0 Å². The third-order valence-electron chi connectivity index (χ3n) is 3.34. The van der Waals surface area contributed by atoms with Gasteiger partial charge in [-0.05, 0) is 38.5 Å². The summed E-state index contributed by atoms with van der Waals surface area (Å²) in [6.45, 7) is 2.23. The molecule has 0 spiro atoms. The summed E-state index contributed by atoms with van der Waals surface area (Å²) in [5.41, 5.74) is 0. The zero-order chi connectivity index (χ0) is 14.9. The predicted octanol–water partition coefficient (Wildman–Crippen LogP) is 5.88. The van der Waals surface area contributed by atoms with Crippen LogP contribution in [0.25, 0.3) is 0 Å². The summed E-state index contributed by atoms with van der Waals surface area (Å²) in [5, 5.41) is 8.50. The molecule has 0 unspecified atom stereocenters. The van der Waals surface area contributed by atoms with Crippen molar-refractivity contribution in [2.45, 2.75) is 84.0 Å². The molecule has 0 saturated carbocycles. The van der Waals surface area contributed by atoms with Crippen LogP contribution in [-0.2, 0) is 32.1 Å². The van der Waals surface area contributed by atoms with Crippen molar-refractivity contribution in [3.8, 4) is 0 Å². The molecule has 0 saturated heterocycles. The molecule has 0 aromatic heterocycles. The molecule has 0 amide bonds. The molecule has 0 atom stereocenters. The molecule has 0 heterocycles. The van der Waals surface area contributed by atoms with Gasteiger partial charge >= 0.3 is 5.97 Å². The molecule has 0 rings (SSSR count). The van der Waals surface area contributed by atoms with E-state index >= 15 is 0 Å². The monoisotopic (exact) mass is 394 g/mol. The van der Waals surface area contributed by atoms with Crippen molar-refractivity contribution in [2.24, 2.45) is 0 Å². The number of hydrogen-bond acceptors (Lipinski definition) is 1. The Kier molecular flexibility index (Phi) is 21.9. The standard InChI is InChI=1S/C18H32O2.Cd/c1-2-3-4-5-6-7-8-9-10-11-12-13-14-15-16-17-18(19)20;/h6-7,9-10H,2-5,8,11-17H2,1H3,(H,19,20);/b7-6-,10-9-;. The van der Waals surface area contributed by atoms with Gasteiger partial charge in [-0.15, -0.1) is 0 Å². The van der Waals surface area contributed by atoms with Gasteiger partial charge in [0, 0.05) is 33.7 Å². The fourth-order valence-corrected chi connectivity index (χ4v) is 2.09. The molecular weight excluding hydrogens is 361 g/mol. The van der Waals surface area contributed by atoms with Gasteiger partial charge in [-0.25, -0.2) is 0 Å². The minimum absolute atomic E-state index is 0. The Morgan fingerprint density at radius 2 is 1.33 bits per heavy atom. The fourth-order valence-electron chi connectivity index (χ4n) is 2.09. The van der Waals surface area contributed by atoms with Crippen molar-refractivity contribution < 1.29 is 37.2 Å². The van der Waals surface area contributed by atoms with Gasteiger partial charge in [-0.3, -0.25) is 4.79 Å². The number of allylic oxidation sites excluding steroid dienone is 4. The van der Waals surface area contributed by atoms with Crippen molar-refractivity contribution >= 4 is 5.97 Å². The van der Waals surface area contributed by atoms with Gasteiger partial charge in [0.05, 0.1) is 0 Å². The van der Waals surface area contributed by atoms with Gasteiger partial charge < -0.3 is 5.11 Å². The zero-order valence-electron chi connectivity index (χ0n) is 13.9. The summed E-state index contributed by atoms with van der Waals surface area (Å²) < 4.78 is 0. The van der Waals surface area contributed by atoms with Crippen LogP contribution in [0.1, 0.15) is 84.0 Å². The van der Waals surface area contributed by atoms with Crippen LogP contribution in [0.2, 0.25) is 0 Å². The first-order chi connectivity index (χ1) is 9.77. The molecule has 1 N–H and O–H groups in total. The summed E-state index contributed by atoms with van der Waals surface area (Å²) in [5.74, 6) is -0.671. The average molecular weight is 393 g/mol. The van der Waals surface area contributed by atoms with E-state index in [0.717, 1.165) is 25.7 Å². The summed E-state index contributed by atoms with van der Waals surface area (Å²) in [4.78, 5) is 10.3. The van der Waals surface area contributed by atoms with Crippen LogP contribution < -0.4 is 0 Å². The molecule has 0 aliphatic rings. The van der Waals surface area contributed by atoms with Crippen molar-refractivity contribution in [3.63, 3.8) is 0 Å². The van der Waals surface area contributed by atoms with Crippen molar-refractivity contribution in [1.29, 1.82) is 0 Å². The molecule has 0 radical (unpaired) electrons. The minimum atomic E-state index is -0.671. The van der Waals surface area contributed by atoms with E-state index in [1.54, 1.807) is 0 Å². The molecule has 21 heavy (non-hydrogen) atoms. The van der Waals surface area contributed by atoms with Crippen molar-refractivity contribution in [3.05, 3.63) is 24.3 Å². The molecular formula is C18H32CdO2. The molecule has 0 aliphatic carbocycles. The van der Waals surface area contributed by atoms with Gasteiger partial charge in [0.1, 0.15) is 0 Å². The Morgan fingerprint density at radius 1 is 0.810 bits per heavy atom. The average Bonchev–Trinajstić information content (AvgIpc) is 2.43. The molecule has 0 bridgehead atoms. The second-order valence-corrected chi connectivity index (χ2v) is 5.37. The minimum Gasteiger partial charge on any atom is -0.481 e. The Morgan fingerprint density at radius 3 is 1.90 bits per heavy atom. The van der Waals surface area contributed by atoms with Gasteiger partial charge in [0.15, 0.2) is 0 Å². The van der Waals surface area contributed by atoms with Gasteiger partial charge in [-0.2, -0.15) is 0 Å². The summed E-state index contributed by atoms with van der Waals surface area (Å²) >= 11 is 0. The normalized spacial score (nSPS) is 11.1. The number of carboxylic acid groups (broad SMARTS) is 1. The second kappa shape index (κ2) is 19.9. The molecule has 0 aromatic rings. The maximum atomic E-state index is 10.3. The van der Waals surface area contributed by atoms with E-state index in [9.17, 15) is 4.79 Å². The number of carbonyl (C=O) groups is 1. The molecule has 3 heteroatoms. The number of hydrogen-bond donors (Lipinski definition) is 1. The van der Waals surface area contributed by atoms with Crippen LogP contribution in [0.3, 0.4) is 0 Å². The fraction of sp³-hybridized carbons (Fsp3) is 0.722. The molecule has 0 aromatic carbocycles. The van der Waals surface area contributed by atoms with Crippen LogP contribution in [0.4, 0.5) is 0 Å². The number of aliphatic carboxylic acids is 1. The van der Waals surface area contributed by atoms with E-state index in [0.29, 0.717) is 6.42 Å². The first-order valence-corrected chi connectivity index (χ1v) is 8.29. The summed E-state index contributed by atoms with van der Waals surface area (Å²) in [6.07, 6.45) is 22.3. The van der Waals surface area contributed by atoms with Gasteiger partial charge in [0.2, 0.25) is 0 Å². The van der Waals surface area contributed by atoms with E-state index in [1.165, 1.54) is 44.9 Å². The number of unbranched alkanes of at least 4 members (excludes halogenated alkanes) is 8. The van der Waals surface area contributed by atoms with E-state index in [1.807, 2.05) is 0 Å². The summed E-state index contributed by atoms with van der Waals surface area (Å²) in [7, 11) is 0.